The maximum absolute atomic E-state index is 5.90. The summed E-state index contributed by atoms with van der Waals surface area (Å²) < 4.78 is 0. The highest BCUT2D eigenvalue weighted by atomic mass is 15.2. The van der Waals surface area contributed by atoms with E-state index in [4.69, 9.17) is 5.73 Å². The molecule has 0 amide bonds. The fourth-order valence-electron chi connectivity index (χ4n) is 8.44. The van der Waals surface area contributed by atoms with E-state index in [1.807, 2.05) is 73.7 Å². The second-order valence-corrected chi connectivity index (χ2v) is 16.0. The fraction of sp³-hybridized carbons (Fsp3) is 0.0769. The van der Waals surface area contributed by atoms with Gasteiger partial charge in [-0.15, -0.1) is 0 Å². The van der Waals surface area contributed by atoms with E-state index in [1.54, 1.807) is 18.6 Å². The van der Waals surface area contributed by atoms with Gasteiger partial charge in [0.1, 0.15) is 0 Å². The van der Waals surface area contributed by atoms with Crippen molar-refractivity contribution in [2.75, 3.05) is 12.3 Å². The highest BCUT2D eigenvalue weighted by Crippen LogP contribution is 2.37. The molecule has 10 aromatic heterocycles. The summed E-state index contributed by atoms with van der Waals surface area (Å²) in [5, 5.41) is 22.8. The van der Waals surface area contributed by atoms with Crippen LogP contribution in [0.1, 0.15) is 18.9 Å². The van der Waals surface area contributed by atoms with E-state index in [0.717, 1.165) is 125 Å². The lowest BCUT2D eigenvalue weighted by Crippen LogP contribution is -2.13. The van der Waals surface area contributed by atoms with Gasteiger partial charge >= 0.3 is 0 Å². The summed E-state index contributed by atoms with van der Waals surface area (Å²) in [6.45, 7) is 3.96. The second kappa shape index (κ2) is 17.4. The van der Waals surface area contributed by atoms with Crippen LogP contribution in [0, 0.1) is 0 Å². The molecule has 0 bridgehead atoms. The number of H-pyrrole nitrogens is 4. The van der Waals surface area contributed by atoms with Gasteiger partial charge in [-0.05, 0) is 114 Å². The third-order valence-electron chi connectivity index (χ3n) is 11.6. The quantitative estimate of drug-likeness (QED) is 0.0718. The largest absolute Gasteiger partial charge is 0.397 e. The Labute approximate surface area is 377 Å². The van der Waals surface area contributed by atoms with Crippen molar-refractivity contribution >= 4 is 49.6 Å². The van der Waals surface area contributed by atoms with Crippen LogP contribution in [0.3, 0.4) is 0 Å². The average molecular weight is 863 g/mol. The van der Waals surface area contributed by atoms with Crippen molar-refractivity contribution in [1.29, 1.82) is 0 Å². The number of nitrogens with zero attached hydrogens (tertiary/aromatic N) is 8. The smallest absolute Gasteiger partial charge is 0.181 e. The Morgan fingerprint density at radius 2 is 1.02 bits per heavy atom. The summed E-state index contributed by atoms with van der Waals surface area (Å²) in [5.74, 6) is 0. The van der Waals surface area contributed by atoms with Crippen molar-refractivity contribution in [2.45, 2.75) is 19.9 Å². The number of hydrogen-bond acceptors (Lipinski definition) is 10. The number of anilines is 1. The van der Waals surface area contributed by atoms with E-state index in [2.05, 4.69) is 139 Å². The lowest BCUT2D eigenvalue weighted by molar-refractivity contribution is 0.674. The Hall–Kier alpha value is -8.88. The van der Waals surface area contributed by atoms with Crippen LogP contribution in [-0.2, 0) is 6.54 Å². The zero-order valence-electron chi connectivity index (χ0n) is 35.8. The highest BCUT2D eigenvalue weighted by molar-refractivity contribution is 6.02. The molecule has 0 atom stereocenters. The van der Waals surface area contributed by atoms with Gasteiger partial charge in [-0.2, -0.15) is 10.2 Å². The number of pyridine rings is 6. The van der Waals surface area contributed by atoms with Crippen LogP contribution in [0.5, 0.6) is 0 Å². The topological polar surface area (TPSA) is 204 Å². The molecule has 0 saturated heterocycles. The number of nitrogens with one attached hydrogen (secondary N) is 5. The number of rotatable bonds is 10. The molecule has 66 heavy (non-hydrogen) atoms. The molecule has 0 aliphatic rings. The van der Waals surface area contributed by atoms with E-state index in [1.165, 1.54) is 0 Å². The van der Waals surface area contributed by atoms with E-state index in [-0.39, 0.29) is 0 Å². The van der Waals surface area contributed by atoms with Gasteiger partial charge in [0.15, 0.2) is 11.3 Å². The fourth-order valence-corrected chi connectivity index (χ4v) is 8.44. The third kappa shape index (κ3) is 7.77. The lowest BCUT2D eigenvalue weighted by Gasteiger charge is -2.06. The predicted octanol–water partition coefficient (Wildman–Crippen LogP) is 10.5. The Balaban J connectivity index is 0.000000147. The molecule has 0 fully saturated rings. The van der Waals surface area contributed by atoms with E-state index >= 15 is 0 Å². The van der Waals surface area contributed by atoms with Crippen molar-refractivity contribution in [3.8, 4) is 67.3 Å². The molecule has 0 unspecified atom stereocenters. The standard InChI is InChI=1S/C28H25N7.C24H17N7/c1-2-8-30-14-18-11-20(16-31-15-18)21-12-24-27(34-35-28(24)32-17-21)26-13-23-22(4-3-5-25(23)33-26)19-6-9-29-10-7-19;25-17-8-15(11-27-13-17)16-9-20-23(30-31-24(20)28-12-16)22-10-19-18(2-1-3-21(19)29-22)14-4-6-26-7-5-14/h3-7,9-13,15-17,30,33H,2,8,14H2,1H3,(H,32,34,35);1-13,29H,25H2,(H,28,30,31). The molecule has 7 N–H and O–H groups in total. The molecule has 10 heterocycles. The van der Waals surface area contributed by atoms with Gasteiger partial charge in [0.2, 0.25) is 0 Å². The monoisotopic (exact) mass is 862 g/mol. The highest BCUT2D eigenvalue weighted by Gasteiger charge is 2.17. The average Bonchev–Trinajstić information content (AvgIpc) is 4.19. The zero-order chi connectivity index (χ0) is 44.4. The summed E-state index contributed by atoms with van der Waals surface area (Å²) in [6.07, 6.45) is 19.2. The van der Waals surface area contributed by atoms with E-state index in [0.29, 0.717) is 17.0 Å². The number of aromatic nitrogens is 12. The van der Waals surface area contributed by atoms with Crippen molar-refractivity contribution in [1.82, 2.24) is 65.6 Å². The number of fused-ring (bicyclic) bond motifs is 4. The molecule has 12 aromatic rings. The summed E-state index contributed by atoms with van der Waals surface area (Å²) in [5.41, 5.74) is 23.3. The lowest BCUT2D eigenvalue weighted by atomic mass is 10.0. The second-order valence-electron chi connectivity index (χ2n) is 16.0. The van der Waals surface area contributed by atoms with Crippen molar-refractivity contribution in [3.63, 3.8) is 0 Å². The van der Waals surface area contributed by atoms with Crippen molar-refractivity contribution in [3.05, 3.63) is 165 Å². The SMILES string of the molecule is CCCNCc1cncc(-c2cnc3n[nH]c(-c4cc5c(-c6ccncc6)cccc5[nH]4)c3c2)c1.Nc1cncc(-c2cnc3n[nH]c(-c4cc5c(-c6ccncc6)cccc5[nH]4)c3c2)c1. The first-order valence-corrected chi connectivity index (χ1v) is 21.7. The van der Waals surface area contributed by atoms with Gasteiger partial charge in [0, 0.05) is 123 Å². The van der Waals surface area contributed by atoms with Gasteiger partial charge in [-0.3, -0.25) is 30.1 Å². The minimum Gasteiger partial charge on any atom is -0.397 e. The first-order chi connectivity index (χ1) is 32.6. The Bertz CT molecular complexity index is 3640. The third-order valence-corrected chi connectivity index (χ3v) is 11.6. The summed E-state index contributed by atoms with van der Waals surface area (Å²) >= 11 is 0. The maximum atomic E-state index is 5.90. The minimum atomic E-state index is 0.615. The van der Waals surface area contributed by atoms with Crippen LogP contribution in [0.15, 0.2) is 159 Å². The first kappa shape index (κ1) is 39.9. The van der Waals surface area contributed by atoms with Gasteiger partial charge in [-0.25, -0.2) is 9.97 Å². The van der Waals surface area contributed by atoms with Gasteiger partial charge in [0.05, 0.1) is 28.5 Å². The maximum Gasteiger partial charge on any atom is 0.181 e. The summed E-state index contributed by atoms with van der Waals surface area (Å²) in [7, 11) is 0. The van der Waals surface area contributed by atoms with Crippen LogP contribution in [-0.4, -0.2) is 66.8 Å². The van der Waals surface area contributed by atoms with Crippen molar-refractivity contribution < 1.29 is 0 Å². The molecule has 320 valence electrons. The van der Waals surface area contributed by atoms with E-state index < -0.39 is 0 Å². The zero-order valence-corrected chi connectivity index (χ0v) is 35.8. The van der Waals surface area contributed by atoms with E-state index in [9.17, 15) is 0 Å². The van der Waals surface area contributed by atoms with Crippen LogP contribution in [0.25, 0.3) is 111 Å². The molecule has 14 nitrogen and oxygen atoms in total. The first-order valence-electron chi connectivity index (χ1n) is 21.7. The molecule has 12 rings (SSSR count). The molecular weight excluding hydrogens is 821 g/mol. The van der Waals surface area contributed by atoms with Gasteiger partial charge in [0.25, 0.3) is 0 Å². The molecule has 0 spiro atoms. The Kier molecular flexibility index (Phi) is 10.5. The Morgan fingerprint density at radius 1 is 0.500 bits per heavy atom. The van der Waals surface area contributed by atoms with Crippen molar-refractivity contribution in [2.24, 2.45) is 0 Å². The number of benzene rings is 2. The van der Waals surface area contributed by atoms with Crippen LogP contribution in [0.4, 0.5) is 5.69 Å². The molecule has 0 aliphatic heterocycles. The predicted molar refractivity (Wildman–Crippen MR) is 262 cm³/mol. The molecule has 2 aromatic carbocycles. The molecular formula is C52H42N14. The molecule has 0 radical (unpaired) electrons. The number of nitrogen functional groups attached to an aromatic ring is 1. The number of hydrogen-bond donors (Lipinski definition) is 6. The minimum absolute atomic E-state index is 0.615. The molecule has 0 saturated carbocycles. The summed E-state index contributed by atoms with van der Waals surface area (Å²) in [6, 6.07) is 33.2. The van der Waals surface area contributed by atoms with Gasteiger partial charge in [-0.1, -0.05) is 31.2 Å². The number of aromatic amines is 4. The van der Waals surface area contributed by atoms with Crippen LogP contribution in [0.2, 0.25) is 0 Å². The summed E-state index contributed by atoms with van der Waals surface area (Å²) in [4.78, 5) is 33.1. The molecule has 14 heteroatoms. The van der Waals surface area contributed by atoms with Crippen LogP contribution >= 0.6 is 0 Å². The molecule has 0 aliphatic carbocycles. The van der Waals surface area contributed by atoms with Gasteiger partial charge < -0.3 is 21.0 Å². The number of nitrogens with two attached hydrogens (primary N) is 1. The Morgan fingerprint density at radius 3 is 1.55 bits per heavy atom. The normalized spacial score (nSPS) is 11.4. The van der Waals surface area contributed by atoms with Crippen LogP contribution < -0.4 is 11.1 Å².